The Labute approximate surface area is 148 Å². The van der Waals surface area contributed by atoms with Crippen molar-refractivity contribution in [3.8, 4) is 0 Å². The third-order valence-corrected chi connectivity index (χ3v) is 5.44. The zero-order valence-corrected chi connectivity index (χ0v) is 15.1. The molecule has 4 heteroatoms. The minimum atomic E-state index is -0.153. The summed E-state index contributed by atoms with van der Waals surface area (Å²) in [4.78, 5) is 0. The van der Waals surface area contributed by atoms with Gasteiger partial charge in [-0.2, -0.15) is 0 Å². The number of halogens is 1. The van der Waals surface area contributed by atoms with Gasteiger partial charge in [-0.3, -0.25) is 0 Å². The number of hydrogen-bond donors (Lipinski definition) is 1. The smallest absolute Gasteiger partial charge is 0.118 e. The number of anilines is 1. The molecular formula is C21H26FNO2. The summed E-state index contributed by atoms with van der Waals surface area (Å²) in [5.74, 6) is 0.0452. The Morgan fingerprint density at radius 2 is 1.96 bits per heavy atom. The molecule has 1 N–H and O–H groups in total. The highest BCUT2D eigenvalue weighted by Gasteiger charge is 2.43. The topological polar surface area (TPSA) is 30.5 Å². The van der Waals surface area contributed by atoms with E-state index in [9.17, 15) is 4.39 Å². The molecule has 1 saturated heterocycles. The summed E-state index contributed by atoms with van der Waals surface area (Å²) >= 11 is 0. The molecule has 0 aromatic heterocycles. The second kappa shape index (κ2) is 6.26. The summed E-state index contributed by atoms with van der Waals surface area (Å²) < 4.78 is 25.6. The third kappa shape index (κ3) is 3.13. The van der Waals surface area contributed by atoms with Crippen LogP contribution >= 0.6 is 0 Å². The molecule has 4 atom stereocenters. The summed E-state index contributed by atoms with van der Waals surface area (Å²) in [7, 11) is 0. The molecule has 1 aliphatic carbocycles. The van der Waals surface area contributed by atoms with Crippen molar-refractivity contribution in [3.05, 3.63) is 53.4 Å². The molecule has 2 heterocycles. The van der Waals surface area contributed by atoms with Crippen LogP contribution in [0.25, 0.3) is 0 Å². The van der Waals surface area contributed by atoms with Crippen molar-refractivity contribution in [2.75, 3.05) is 18.5 Å². The molecule has 0 radical (unpaired) electrons. The van der Waals surface area contributed by atoms with Crippen molar-refractivity contribution in [1.29, 1.82) is 0 Å². The number of fused-ring (bicyclic) bond motifs is 3. The first kappa shape index (κ1) is 16.8. The minimum Gasteiger partial charge on any atom is -0.379 e. The molecule has 1 aromatic carbocycles. The standard InChI is InChI=1S/C21H26FNO2/c1-21(2,3)14-6-9-17-16(12-14)19-20(25-11-10-24-19)18(23-17)13-4-7-15(22)8-5-13/h4,6-9,12-13,18-20,23H,5,10-11H2,1-3H3/t13?,18-,19+,20-/m1/s1. The second-order valence-electron chi connectivity index (χ2n) is 8.20. The SMILES string of the molecule is CC(C)(C)c1ccc2c(c1)[C@@H]1OCCO[C@@H]1[C@@H](C1C=CC(F)=CC1)N2. The Kier molecular flexibility index (Phi) is 4.20. The van der Waals surface area contributed by atoms with E-state index in [1.807, 2.05) is 6.08 Å². The zero-order chi connectivity index (χ0) is 17.6. The van der Waals surface area contributed by atoms with E-state index in [0.29, 0.717) is 19.6 Å². The molecule has 4 rings (SSSR count). The van der Waals surface area contributed by atoms with Gasteiger partial charge in [-0.05, 0) is 35.6 Å². The monoisotopic (exact) mass is 343 g/mol. The molecule has 1 unspecified atom stereocenters. The van der Waals surface area contributed by atoms with Crippen LogP contribution in [0.3, 0.4) is 0 Å². The van der Waals surface area contributed by atoms with Crippen molar-refractivity contribution in [2.24, 2.45) is 5.92 Å². The summed E-state index contributed by atoms with van der Waals surface area (Å²) in [6.07, 6.45) is 5.73. The van der Waals surface area contributed by atoms with Gasteiger partial charge in [0, 0.05) is 17.2 Å². The van der Waals surface area contributed by atoms with Crippen LogP contribution in [-0.4, -0.2) is 25.4 Å². The molecule has 0 spiro atoms. The highest BCUT2D eigenvalue weighted by Crippen LogP contribution is 2.43. The van der Waals surface area contributed by atoms with Crippen molar-refractivity contribution >= 4 is 5.69 Å². The maximum Gasteiger partial charge on any atom is 0.118 e. The Morgan fingerprint density at radius 1 is 1.16 bits per heavy atom. The van der Waals surface area contributed by atoms with Crippen LogP contribution in [0.1, 0.15) is 44.4 Å². The molecule has 0 bridgehead atoms. The molecule has 1 fully saturated rings. The van der Waals surface area contributed by atoms with Gasteiger partial charge in [-0.25, -0.2) is 4.39 Å². The molecule has 1 aromatic rings. The van der Waals surface area contributed by atoms with Crippen molar-refractivity contribution in [1.82, 2.24) is 0 Å². The molecule has 3 nitrogen and oxygen atoms in total. The number of rotatable bonds is 1. The van der Waals surface area contributed by atoms with E-state index < -0.39 is 0 Å². The lowest BCUT2D eigenvalue weighted by molar-refractivity contribution is -0.153. The molecular weight excluding hydrogens is 317 g/mol. The zero-order valence-electron chi connectivity index (χ0n) is 15.1. The summed E-state index contributed by atoms with van der Waals surface area (Å²) in [6.45, 7) is 7.88. The van der Waals surface area contributed by atoms with E-state index in [1.54, 1.807) is 12.2 Å². The van der Waals surface area contributed by atoms with E-state index in [2.05, 4.69) is 44.3 Å². The van der Waals surface area contributed by atoms with E-state index >= 15 is 0 Å². The molecule has 2 aliphatic heterocycles. The Morgan fingerprint density at radius 3 is 2.68 bits per heavy atom. The maximum atomic E-state index is 13.4. The quantitative estimate of drug-likeness (QED) is 0.804. The number of allylic oxidation sites excluding steroid dienone is 3. The lowest BCUT2D eigenvalue weighted by atomic mass is 9.79. The summed E-state index contributed by atoms with van der Waals surface area (Å²) in [5.41, 5.74) is 3.66. The maximum absolute atomic E-state index is 13.4. The number of hydrogen-bond acceptors (Lipinski definition) is 3. The van der Waals surface area contributed by atoms with E-state index in [1.165, 1.54) is 11.1 Å². The Hall–Kier alpha value is -1.65. The van der Waals surface area contributed by atoms with Crippen molar-refractivity contribution in [3.63, 3.8) is 0 Å². The minimum absolute atomic E-state index is 0.0549. The first-order valence-electron chi connectivity index (χ1n) is 9.11. The van der Waals surface area contributed by atoms with Crippen LogP contribution in [0.4, 0.5) is 10.1 Å². The fraction of sp³-hybridized carbons (Fsp3) is 0.524. The van der Waals surface area contributed by atoms with Gasteiger partial charge in [0.05, 0.1) is 19.3 Å². The van der Waals surface area contributed by atoms with Crippen LogP contribution in [0.5, 0.6) is 0 Å². The first-order valence-corrected chi connectivity index (χ1v) is 9.11. The summed E-state index contributed by atoms with van der Waals surface area (Å²) in [6, 6.07) is 6.67. The highest BCUT2D eigenvalue weighted by molar-refractivity contribution is 5.58. The number of benzene rings is 1. The van der Waals surface area contributed by atoms with Crippen LogP contribution in [0, 0.1) is 5.92 Å². The predicted molar refractivity (Wildman–Crippen MR) is 97.4 cm³/mol. The lowest BCUT2D eigenvalue weighted by Gasteiger charge is -2.45. The van der Waals surface area contributed by atoms with Crippen LogP contribution in [0.15, 0.2) is 42.3 Å². The number of ether oxygens (including phenoxy) is 2. The molecule has 25 heavy (non-hydrogen) atoms. The van der Waals surface area contributed by atoms with Crippen LogP contribution in [0.2, 0.25) is 0 Å². The highest BCUT2D eigenvalue weighted by atomic mass is 19.1. The largest absolute Gasteiger partial charge is 0.379 e. The molecule has 0 amide bonds. The summed E-state index contributed by atoms with van der Waals surface area (Å²) in [5, 5.41) is 3.65. The number of nitrogens with one attached hydrogen (secondary N) is 1. The van der Waals surface area contributed by atoms with Crippen LogP contribution in [-0.2, 0) is 14.9 Å². The van der Waals surface area contributed by atoms with E-state index in [-0.39, 0.29) is 35.4 Å². The lowest BCUT2D eigenvalue weighted by Crippen LogP contribution is -2.51. The molecule has 3 aliphatic rings. The normalized spacial score (nSPS) is 31.6. The van der Waals surface area contributed by atoms with Gasteiger partial charge in [0.2, 0.25) is 0 Å². The second-order valence-corrected chi connectivity index (χ2v) is 8.20. The van der Waals surface area contributed by atoms with Crippen LogP contribution < -0.4 is 5.32 Å². The fourth-order valence-electron chi connectivity index (χ4n) is 3.99. The van der Waals surface area contributed by atoms with Gasteiger partial charge in [-0.15, -0.1) is 0 Å². The fourth-order valence-corrected chi connectivity index (χ4v) is 3.99. The predicted octanol–water partition coefficient (Wildman–Crippen LogP) is 4.66. The van der Waals surface area contributed by atoms with E-state index in [4.69, 9.17) is 9.47 Å². The Balaban J connectivity index is 1.69. The van der Waals surface area contributed by atoms with Crippen molar-refractivity contribution < 1.29 is 13.9 Å². The third-order valence-electron chi connectivity index (χ3n) is 5.44. The van der Waals surface area contributed by atoms with Gasteiger partial charge in [-0.1, -0.05) is 39.0 Å². The van der Waals surface area contributed by atoms with Gasteiger partial charge >= 0.3 is 0 Å². The van der Waals surface area contributed by atoms with Gasteiger partial charge in [0.15, 0.2) is 0 Å². The average molecular weight is 343 g/mol. The molecule has 134 valence electrons. The van der Waals surface area contributed by atoms with E-state index in [0.717, 1.165) is 5.69 Å². The van der Waals surface area contributed by atoms with Gasteiger partial charge < -0.3 is 14.8 Å². The molecule has 0 saturated carbocycles. The van der Waals surface area contributed by atoms with Gasteiger partial charge in [0.25, 0.3) is 0 Å². The van der Waals surface area contributed by atoms with Gasteiger partial charge in [0.1, 0.15) is 18.0 Å². The average Bonchev–Trinajstić information content (AvgIpc) is 2.60. The Bertz CT molecular complexity index is 719. The van der Waals surface area contributed by atoms with Crippen molar-refractivity contribution in [2.45, 2.75) is 50.9 Å². The first-order chi connectivity index (χ1) is 11.9.